The summed E-state index contributed by atoms with van der Waals surface area (Å²) in [6, 6.07) is 38.2. The smallest absolute Gasteiger partial charge is 0.0320 e. The summed E-state index contributed by atoms with van der Waals surface area (Å²) in [5.41, 5.74) is 11.6. The van der Waals surface area contributed by atoms with Gasteiger partial charge in [0.25, 0.3) is 0 Å². The van der Waals surface area contributed by atoms with Crippen molar-refractivity contribution in [2.24, 2.45) is 5.92 Å². The first-order chi connectivity index (χ1) is 38.6. The van der Waals surface area contributed by atoms with Crippen LogP contribution in [0.5, 0.6) is 0 Å². The van der Waals surface area contributed by atoms with Gasteiger partial charge in [0.1, 0.15) is 0 Å². The van der Waals surface area contributed by atoms with Gasteiger partial charge in [0.05, 0.1) is 0 Å². The van der Waals surface area contributed by atoms with Gasteiger partial charge in [0, 0.05) is 143 Å². The Morgan fingerprint density at radius 3 is 0.975 bits per heavy atom. The van der Waals surface area contributed by atoms with Crippen molar-refractivity contribution in [3.63, 3.8) is 0 Å². The highest BCUT2D eigenvalue weighted by Crippen LogP contribution is 2.30. The molecule has 0 amide bonds. The third-order valence-corrected chi connectivity index (χ3v) is 18.8. The van der Waals surface area contributed by atoms with Gasteiger partial charge in [0.2, 0.25) is 0 Å². The zero-order valence-electron chi connectivity index (χ0n) is 53.1. The summed E-state index contributed by atoms with van der Waals surface area (Å²) in [7, 11) is 2.25. The highest BCUT2D eigenvalue weighted by Gasteiger charge is 2.28. The van der Waals surface area contributed by atoms with E-state index in [1.807, 2.05) is 0 Å². The van der Waals surface area contributed by atoms with Gasteiger partial charge in [-0.1, -0.05) is 166 Å². The predicted molar refractivity (Wildman–Crippen MR) is 343 cm³/mol. The Balaban J connectivity index is 0.000000155. The van der Waals surface area contributed by atoms with Crippen LogP contribution in [0.25, 0.3) is 0 Å². The fraction of sp³-hybridized carbons (Fsp3) is 0.662. The number of piperazine rings is 4. The molecular weight excluding hydrogens is 979 g/mol. The summed E-state index contributed by atoms with van der Waals surface area (Å²) >= 11 is 0. The lowest BCUT2D eigenvalue weighted by Crippen LogP contribution is -2.52. The molecule has 0 aromatic heterocycles. The number of rotatable bonds is 17. The first kappa shape index (κ1) is 64.1. The van der Waals surface area contributed by atoms with E-state index in [-0.39, 0.29) is 0 Å². The van der Waals surface area contributed by atoms with Crippen molar-refractivity contribution >= 4 is 0 Å². The van der Waals surface area contributed by atoms with Gasteiger partial charge >= 0.3 is 0 Å². The molecule has 0 bridgehead atoms. The molecule has 1 aliphatic carbocycles. The summed E-state index contributed by atoms with van der Waals surface area (Å²) in [6.07, 6.45) is 5.66. The molecule has 1 saturated carbocycles. The molecule has 6 aliphatic rings. The second-order valence-electron chi connectivity index (χ2n) is 26.2. The Morgan fingerprint density at radius 1 is 0.338 bits per heavy atom. The second kappa shape index (κ2) is 33.1. The van der Waals surface area contributed by atoms with Crippen LogP contribution in [-0.2, 0) is 19.6 Å². The van der Waals surface area contributed by atoms with Crippen LogP contribution in [0.1, 0.15) is 176 Å². The normalized spacial score (nSPS) is 20.8. The summed E-state index contributed by atoms with van der Waals surface area (Å²) in [5.74, 6) is 3.55. The molecule has 9 heteroatoms. The molecule has 0 spiro atoms. The number of likely N-dealkylation sites (N-methyl/N-ethyl adjacent to an activating group) is 2. The van der Waals surface area contributed by atoms with Crippen LogP contribution in [0.2, 0.25) is 0 Å². The number of hydrogen-bond acceptors (Lipinski definition) is 9. The third kappa shape index (κ3) is 21.3. The van der Waals surface area contributed by atoms with Gasteiger partial charge in [-0.25, -0.2) is 0 Å². The fourth-order valence-electron chi connectivity index (χ4n) is 12.3. The van der Waals surface area contributed by atoms with E-state index in [1.165, 1.54) is 208 Å². The van der Waals surface area contributed by atoms with Crippen molar-refractivity contribution in [3.8, 4) is 0 Å². The molecular formula is C71H115N9. The van der Waals surface area contributed by atoms with E-state index in [2.05, 4.69) is 224 Å². The van der Waals surface area contributed by atoms with Gasteiger partial charge in [-0.05, 0) is 140 Å². The van der Waals surface area contributed by atoms with E-state index in [4.69, 9.17) is 0 Å². The third-order valence-electron chi connectivity index (χ3n) is 18.8. The summed E-state index contributed by atoms with van der Waals surface area (Å²) < 4.78 is 0. The number of nitrogens with zero attached hydrogens (tertiary/aromatic N) is 9. The average Bonchev–Trinajstić information content (AvgIpc) is 4.31. The van der Waals surface area contributed by atoms with Gasteiger partial charge in [-0.3, -0.25) is 24.5 Å². The minimum atomic E-state index is 0.542. The summed E-state index contributed by atoms with van der Waals surface area (Å²) in [4.78, 5) is 23.3. The lowest BCUT2D eigenvalue weighted by molar-refractivity contribution is 0.0618. The Morgan fingerprint density at radius 2 is 0.637 bits per heavy atom. The molecule has 5 aliphatic heterocycles. The van der Waals surface area contributed by atoms with Gasteiger partial charge in [-0.15, -0.1) is 0 Å². The topological polar surface area (TPSA) is 29.2 Å². The van der Waals surface area contributed by atoms with Crippen molar-refractivity contribution in [2.45, 2.75) is 157 Å². The van der Waals surface area contributed by atoms with Gasteiger partial charge < -0.3 is 19.6 Å². The van der Waals surface area contributed by atoms with Crippen molar-refractivity contribution in [1.82, 2.24) is 44.1 Å². The first-order valence-corrected chi connectivity index (χ1v) is 32.5. The van der Waals surface area contributed by atoms with Crippen LogP contribution in [0.4, 0.5) is 0 Å². The maximum atomic E-state index is 2.74. The average molecular weight is 1090 g/mol. The zero-order chi connectivity index (χ0) is 57.0. The molecule has 4 aromatic carbocycles. The molecule has 0 N–H and O–H groups in total. The molecule has 5 saturated heterocycles. The maximum Gasteiger partial charge on any atom is 0.0320 e. The van der Waals surface area contributed by atoms with Crippen LogP contribution < -0.4 is 0 Å². The van der Waals surface area contributed by atoms with Crippen molar-refractivity contribution < 1.29 is 0 Å². The van der Waals surface area contributed by atoms with Crippen molar-refractivity contribution in [2.75, 3.05) is 144 Å². The molecule has 6 fully saturated rings. The molecule has 10 rings (SSSR count). The van der Waals surface area contributed by atoms with Crippen LogP contribution in [-0.4, -0.2) is 195 Å². The van der Waals surface area contributed by atoms with E-state index in [0.717, 1.165) is 31.6 Å². The molecule has 9 nitrogen and oxygen atoms in total. The quantitative estimate of drug-likeness (QED) is 0.103. The zero-order valence-corrected chi connectivity index (χ0v) is 53.1. The van der Waals surface area contributed by atoms with Crippen LogP contribution in [0.3, 0.4) is 0 Å². The van der Waals surface area contributed by atoms with Crippen LogP contribution in [0, 0.1) is 5.92 Å². The van der Waals surface area contributed by atoms with Crippen molar-refractivity contribution in [3.05, 3.63) is 142 Å². The molecule has 1 unspecified atom stereocenters. The number of likely N-dealkylation sites (tertiary alicyclic amines) is 1. The SMILES string of the molecule is CC(C)c1ccc(CN2CCN(C3CCN(C)CC3)CC2)cc1.CC(C)c1ccc(CN2CCN(CC3CC3)CC2)cc1.CCN1CCN(C(C)c2ccc(C(C)C)cc2)CC1.CCN1CCN(Cc2ccc(C(C)C)cc2)CC1. The van der Waals surface area contributed by atoms with Crippen LogP contribution >= 0.6 is 0 Å². The highest BCUT2D eigenvalue weighted by atomic mass is 15.3. The minimum absolute atomic E-state index is 0.542. The minimum Gasteiger partial charge on any atom is -0.306 e. The number of hydrogen-bond donors (Lipinski definition) is 0. The Hall–Kier alpha value is -3.48. The Bertz CT molecular complexity index is 2250. The predicted octanol–water partition coefficient (Wildman–Crippen LogP) is 12.8. The summed E-state index contributed by atoms with van der Waals surface area (Å²) in [5, 5.41) is 0. The molecule has 0 radical (unpaired) electrons. The van der Waals surface area contributed by atoms with E-state index >= 15 is 0 Å². The van der Waals surface area contributed by atoms with E-state index in [9.17, 15) is 0 Å². The Kier molecular flexibility index (Phi) is 26.5. The van der Waals surface area contributed by atoms with Gasteiger partial charge in [-0.2, -0.15) is 0 Å². The lowest BCUT2D eigenvalue weighted by atomic mass is 9.99. The standard InChI is InChI=1S/C20H33N3.C18H28N2.C17H28N2.C16H26N2/c1-17(2)19-6-4-18(5-7-19)16-22-12-14-23(15-13-22)20-8-10-21(3)11-9-20;1-15(2)18-7-5-17(6-8-18)14-20-11-9-19(10-12-20)13-16-3-4-16;1-5-18-10-12-19(13-11-18)15(4)17-8-6-16(7-9-17)14(2)3;1-4-17-9-11-18(12-10-17)13-15-5-7-16(8-6-15)14(2)3/h4-7,17,20H,8-16H2,1-3H3;5-8,15-16H,3-4,9-14H2,1-2H3;6-9,14-15H,5,10-13H2,1-4H3;5-8,14H,4,9-13H2,1-3H3. The largest absolute Gasteiger partial charge is 0.306 e. The summed E-state index contributed by atoms with van der Waals surface area (Å²) in [6.45, 7) is 54.1. The lowest BCUT2D eigenvalue weighted by Gasteiger charge is -2.42. The molecule has 4 aromatic rings. The van der Waals surface area contributed by atoms with Crippen molar-refractivity contribution in [1.29, 1.82) is 0 Å². The Labute approximate surface area is 491 Å². The van der Waals surface area contributed by atoms with Gasteiger partial charge in [0.15, 0.2) is 0 Å². The van der Waals surface area contributed by atoms with E-state index in [1.54, 1.807) is 0 Å². The monoisotopic (exact) mass is 1090 g/mol. The first-order valence-electron chi connectivity index (χ1n) is 32.5. The number of benzene rings is 4. The fourth-order valence-corrected chi connectivity index (χ4v) is 12.3. The maximum absolute atomic E-state index is 2.74. The molecule has 1 atom stereocenters. The molecule has 444 valence electrons. The van der Waals surface area contributed by atoms with E-state index in [0.29, 0.717) is 29.7 Å². The molecule has 5 heterocycles. The second-order valence-corrected chi connectivity index (χ2v) is 26.2. The highest BCUT2D eigenvalue weighted by molar-refractivity contribution is 5.28. The molecule has 80 heavy (non-hydrogen) atoms. The van der Waals surface area contributed by atoms with Crippen LogP contribution in [0.15, 0.2) is 97.1 Å². The number of piperidine rings is 1. The van der Waals surface area contributed by atoms with E-state index < -0.39 is 0 Å².